The van der Waals surface area contributed by atoms with E-state index < -0.39 is 0 Å². The zero-order valence-corrected chi connectivity index (χ0v) is 12.8. The van der Waals surface area contributed by atoms with Gasteiger partial charge in [-0.15, -0.1) is 0 Å². The summed E-state index contributed by atoms with van der Waals surface area (Å²) in [6, 6.07) is 7.58. The van der Waals surface area contributed by atoms with Crippen LogP contribution < -0.4 is 5.32 Å². The number of benzene rings is 1. The predicted molar refractivity (Wildman–Crippen MR) is 88.4 cm³/mol. The Morgan fingerprint density at radius 2 is 2.22 bits per heavy atom. The molecule has 1 aromatic carbocycles. The van der Waals surface area contributed by atoms with Crippen LogP contribution in [-0.4, -0.2) is 9.91 Å². The lowest BCUT2D eigenvalue weighted by Crippen LogP contribution is -2.30. The van der Waals surface area contributed by atoms with Gasteiger partial charge < -0.3 is 5.32 Å². The van der Waals surface area contributed by atoms with Crippen molar-refractivity contribution in [1.82, 2.24) is 4.98 Å². The number of aryl methyl sites for hydroxylation is 1. The van der Waals surface area contributed by atoms with E-state index in [1.165, 1.54) is 0 Å². The number of hydrogen-bond acceptors (Lipinski definition) is 4. The standard InChI is InChI=1S/C18H17N3O2/c1-11-7-8-15(21(22)23)16-13-5-2-6-14(13)18(20-17(11)16)12-4-3-9-19-10-12/h2-5,7-10,13-14,18,20H,6H2,1H3. The number of nitrogens with zero attached hydrogens (tertiary/aromatic N) is 2. The Balaban J connectivity index is 1.89. The number of rotatable bonds is 2. The summed E-state index contributed by atoms with van der Waals surface area (Å²) in [7, 11) is 0. The van der Waals surface area contributed by atoms with Crippen molar-refractivity contribution in [2.45, 2.75) is 25.3 Å². The average molecular weight is 307 g/mol. The lowest BCUT2D eigenvalue weighted by atomic mass is 9.76. The molecule has 4 rings (SSSR count). The quantitative estimate of drug-likeness (QED) is 0.514. The average Bonchev–Trinajstić information content (AvgIpc) is 3.05. The van der Waals surface area contributed by atoms with Gasteiger partial charge >= 0.3 is 0 Å². The van der Waals surface area contributed by atoms with Crippen molar-refractivity contribution >= 4 is 11.4 Å². The second-order valence-corrected chi connectivity index (χ2v) is 6.21. The fourth-order valence-corrected chi connectivity index (χ4v) is 3.88. The monoisotopic (exact) mass is 307 g/mol. The summed E-state index contributed by atoms with van der Waals surface area (Å²) in [4.78, 5) is 15.4. The number of hydrogen-bond donors (Lipinski definition) is 1. The Bertz CT molecular complexity index is 801. The van der Waals surface area contributed by atoms with Gasteiger partial charge in [0.15, 0.2) is 0 Å². The summed E-state index contributed by atoms with van der Waals surface area (Å²) in [5.41, 5.74) is 4.11. The molecule has 0 bridgehead atoms. The van der Waals surface area contributed by atoms with E-state index in [-0.39, 0.29) is 28.5 Å². The summed E-state index contributed by atoms with van der Waals surface area (Å²) in [6.45, 7) is 1.99. The molecule has 23 heavy (non-hydrogen) atoms. The molecule has 0 saturated heterocycles. The van der Waals surface area contributed by atoms with Crippen LogP contribution in [0.5, 0.6) is 0 Å². The Kier molecular flexibility index (Phi) is 3.15. The van der Waals surface area contributed by atoms with Crippen LogP contribution in [0.15, 0.2) is 48.8 Å². The number of nitro groups is 1. The fraction of sp³-hybridized carbons (Fsp3) is 0.278. The number of pyridine rings is 1. The Hall–Kier alpha value is -2.69. The van der Waals surface area contributed by atoms with Gasteiger partial charge in [0.2, 0.25) is 0 Å². The first-order valence-electron chi connectivity index (χ1n) is 7.78. The van der Waals surface area contributed by atoms with Crippen LogP contribution in [0.25, 0.3) is 0 Å². The van der Waals surface area contributed by atoms with Gasteiger partial charge in [0, 0.05) is 30.1 Å². The smallest absolute Gasteiger partial charge is 0.275 e. The van der Waals surface area contributed by atoms with Gasteiger partial charge in [-0.05, 0) is 36.5 Å². The minimum Gasteiger partial charge on any atom is -0.377 e. The normalized spacial score (nSPS) is 24.7. The fourth-order valence-electron chi connectivity index (χ4n) is 3.88. The summed E-state index contributed by atoms with van der Waals surface area (Å²) in [6.07, 6.45) is 8.83. The number of nitro benzene ring substituents is 1. The van der Waals surface area contributed by atoms with Gasteiger partial charge in [-0.2, -0.15) is 0 Å². The molecule has 0 amide bonds. The second-order valence-electron chi connectivity index (χ2n) is 6.21. The van der Waals surface area contributed by atoms with Gasteiger partial charge in [-0.25, -0.2) is 0 Å². The molecule has 0 fully saturated rings. The van der Waals surface area contributed by atoms with Crippen molar-refractivity contribution in [3.05, 3.63) is 75.6 Å². The third-order valence-electron chi connectivity index (χ3n) is 4.95. The van der Waals surface area contributed by atoms with Crippen LogP contribution in [0.1, 0.15) is 35.1 Å². The first-order chi connectivity index (χ1) is 11.2. The number of aromatic nitrogens is 1. The van der Waals surface area contributed by atoms with Crippen LogP contribution in [-0.2, 0) is 0 Å². The van der Waals surface area contributed by atoms with Crippen molar-refractivity contribution < 1.29 is 4.92 Å². The van der Waals surface area contributed by atoms with Crippen LogP contribution in [0.4, 0.5) is 11.4 Å². The maximum absolute atomic E-state index is 11.5. The van der Waals surface area contributed by atoms with Gasteiger partial charge in [-0.3, -0.25) is 15.1 Å². The number of nitrogens with one attached hydrogen (secondary N) is 1. The minimum absolute atomic E-state index is 0.0803. The highest BCUT2D eigenvalue weighted by Gasteiger charge is 2.42. The lowest BCUT2D eigenvalue weighted by molar-refractivity contribution is -0.385. The van der Waals surface area contributed by atoms with Crippen molar-refractivity contribution in [2.24, 2.45) is 5.92 Å². The largest absolute Gasteiger partial charge is 0.377 e. The molecular weight excluding hydrogens is 290 g/mol. The SMILES string of the molecule is Cc1ccc([N+](=O)[O-])c2c1NC(c1cccnc1)C1CC=CC21. The molecule has 3 unspecified atom stereocenters. The summed E-state index contributed by atoms with van der Waals surface area (Å²) in [5, 5.41) is 15.0. The summed E-state index contributed by atoms with van der Waals surface area (Å²) in [5.74, 6) is 0.365. The molecule has 3 atom stereocenters. The van der Waals surface area contributed by atoms with E-state index in [0.717, 1.165) is 28.8 Å². The van der Waals surface area contributed by atoms with E-state index >= 15 is 0 Å². The zero-order valence-electron chi connectivity index (χ0n) is 12.8. The third-order valence-corrected chi connectivity index (χ3v) is 4.95. The Morgan fingerprint density at radius 3 is 2.96 bits per heavy atom. The van der Waals surface area contributed by atoms with Crippen LogP contribution in [0.3, 0.4) is 0 Å². The number of anilines is 1. The van der Waals surface area contributed by atoms with Gasteiger partial charge in [-0.1, -0.05) is 24.3 Å². The molecule has 0 radical (unpaired) electrons. The Morgan fingerprint density at radius 1 is 1.35 bits per heavy atom. The number of allylic oxidation sites excluding steroid dienone is 2. The molecule has 2 aliphatic rings. The Labute approximate surface area is 134 Å². The maximum atomic E-state index is 11.5. The topological polar surface area (TPSA) is 68.1 Å². The predicted octanol–water partition coefficient (Wildman–Crippen LogP) is 4.12. The molecule has 1 N–H and O–H groups in total. The van der Waals surface area contributed by atoms with E-state index in [1.54, 1.807) is 12.3 Å². The van der Waals surface area contributed by atoms with Crippen molar-refractivity contribution in [1.29, 1.82) is 0 Å². The van der Waals surface area contributed by atoms with Crippen LogP contribution >= 0.6 is 0 Å². The molecular formula is C18H17N3O2. The van der Waals surface area contributed by atoms with Gasteiger partial charge in [0.05, 0.1) is 16.5 Å². The lowest BCUT2D eigenvalue weighted by Gasteiger charge is -2.37. The summed E-state index contributed by atoms with van der Waals surface area (Å²) < 4.78 is 0. The molecule has 5 heteroatoms. The van der Waals surface area contributed by atoms with Crippen molar-refractivity contribution in [3.8, 4) is 0 Å². The second kappa shape index (κ2) is 5.19. The molecule has 116 valence electrons. The molecule has 2 heterocycles. The van der Waals surface area contributed by atoms with Crippen molar-refractivity contribution in [2.75, 3.05) is 5.32 Å². The molecule has 0 spiro atoms. The van der Waals surface area contributed by atoms with E-state index in [2.05, 4.69) is 28.5 Å². The van der Waals surface area contributed by atoms with E-state index in [0.29, 0.717) is 0 Å². The minimum atomic E-state index is -0.270. The van der Waals surface area contributed by atoms with E-state index in [1.807, 2.05) is 25.3 Å². The highest BCUT2D eigenvalue weighted by Crippen LogP contribution is 2.53. The molecule has 5 nitrogen and oxygen atoms in total. The third kappa shape index (κ3) is 2.11. The van der Waals surface area contributed by atoms with Crippen LogP contribution in [0.2, 0.25) is 0 Å². The first kappa shape index (κ1) is 13.9. The van der Waals surface area contributed by atoms with Crippen LogP contribution in [0, 0.1) is 23.0 Å². The number of fused-ring (bicyclic) bond motifs is 3. The van der Waals surface area contributed by atoms with Gasteiger partial charge in [0.1, 0.15) is 0 Å². The van der Waals surface area contributed by atoms with Gasteiger partial charge in [0.25, 0.3) is 5.69 Å². The maximum Gasteiger partial charge on any atom is 0.275 e. The summed E-state index contributed by atoms with van der Waals surface area (Å²) >= 11 is 0. The molecule has 1 aliphatic heterocycles. The van der Waals surface area contributed by atoms with Crippen molar-refractivity contribution in [3.63, 3.8) is 0 Å². The molecule has 1 aromatic heterocycles. The molecule has 2 aromatic rings. The molecule has 1 aliphatic carbocycles. The molecule has 0 saturated carbocycles. The van der Waals surface area contributed by atoms with E-state index in [9.17, 15) is 10.1 Å². The zero-order chi connectivity index (χ0) is 16.0. The highest BCUT2D eigenvalue weighted by molar-refractivity contribution is 5.70. The van der Waals surface area contributed by atoms with E-state index in [4.69, 9.17) is 0 Å². The highest BCUT2D eigenvalue weighted by atomic mass is 16.6. The first-order valence-corrected chi connectivity index (χ1v) is 7.78.